The molecular formula is C28H31ClN4O5S. The molecule has 3 aromatic rings. The van der Waals surface area contributed by atoms with Gasteiger partial charge in [0.15, 0.2) is 0 Å². The molecule has 9 nitrogen and oxygen atoms in total. The SMILES string of the molecule is COC(=O)CC(C1CCN(c2ccncc2)CC1)N1CCN(S(=O)(=O)c2ccc3cc(Cl)ccc3c2)CC1=O. The van der Waals surface area contributed by atoms with Gasteiger partial charge >= 0.3 is 5.97 Å². The fraction of sp³-hybridized carbons (Fsp3) is 0.393. The Hall–Kier alpha value is -3.21. The van der Waals surface area contributed by atoms with E-state index in [1.165, 1.54) is 11.4 Å². The Bertz CT molecular complexity index is 1460. The number of ether oxygens (including phenoxy) is 1. The maximum absolute atomic E-state index is 13.5. The van der Waals surface area contributed by atoms with E-state index in [4.69, 9.17) is 16.3 Å². The van der Waals surface area contributed by atoms with Gasteiger partial charge < -0.3 is 14.5 Å². The first kappa shape index (κ1) is 27.4. The van der Waals surface area contributed by atoms with E-state index in [1.54, 1.807) is 53.7 Å². The summed E-state index contributed by atoms with van der Waals surface area (Å²) in [6.07, 6.45) is 5.22. The number of hydrogen-bond donors (Lipinski definition) is 0. The molecule has 0 spiro atoms. The van der Waals surface area contributed by atoms with Gasteiger partial charge in [-0.2, -0.15) is 4.31 Å². The number of esters is 1. The molecule has 0 N–H and O–H groups in total. The first-order chi connectivity index (χ1) is 18.8. The maximum Gasteiger partial charge on any atom is 0.307 e. The normalized spacial score (nSPS) is 18.4. The van der Waals surface area contributed by atoms with E-state index in [9.17, 15) is 18.0 Å². The van der Waals surface area contributed by atoms with Gasteiger partial charge in [-0.25, -0.2) is 8.42 Å². The number of carbonyl (C=O) groups excluding carboxylic acids is 2. The smallest absolute Gasteiger partial charge is 0.307 e. The molecule has 1 aromatic heterocycles. The first-order valence-electron chi connectivity index (χ1n) is 13.0. The molecule has 39 heavy (non-hydrogen) atoms. The number of piperazine rings is 1. The van der Waals surface area contributed by atoms with Gasteiger partial charge in [0.2, 0.25) is 15.9 Å². The molecule has 11 heteroatoms. The Kier molecular flexibility index (Phi) is 8.06. The molecule has 2 saturated heterocycles. The molecule has 0 radical (unpaired) electrons. The Morgan fingerprint density at radius 3 is 2.41 bits per heavy atom. The monoisotopic (exact) mass is 570 g/mol. The molecule has 2 fully saturated rings. The zero-order valence-corrected chi connectivity index (χ0v) is 23.3. The fourth-order valence-electron chi connectivity index (χ4n) is 5.61. The van der Waals surface area contributed by atoms with Gasteiger partial charge in [-0.3, -0.25) is 14.6 Å². The lowest BCUT2D eigenvalue weighted by atomic mass is 9.86. The van der Waals surface area contributed by atoms with Crippen LogP contribution in [0.25, 0.3) is 10.8 Å². The Morgan fingerprint density at radius 1 is 1.03 bits per heavy atom. The number of methoxy groups -OCH3 is 1. The average molecular weight is 571 g/mol. The summed E-state index contributed by atoms with van der Waals surface area (Å²) in [6.45, 7) is 1.69. The standard InChI is InChI=1S/C28H31ClN4O5S/c1-38-28(35)18-26(20-8-12-31(13-9-20)24-6-10-30-11-7-24)33-15-14-32(19-27(33)34)39(36,37)25-5-3-21-16-23(29)4-2-22(21)17-25/h2-7,10-11,16-17,20,26H,8-9,12-15,18-19H2,1H3. The minimum Gasteiger partial charge on any atom is -0.469 e. The minimum absolute atomic E-state index is 0.0855. The number of anilines is 1. The van der Waals surface area contributed by atoms with Crippen molar-refractivity contribution in [3.8, 4) is 0 Å². The molecule has 2 aliphatic rings. The summed E-state index contributed by atoms with van der Waals surface area (Å²) in [5, 5.41) is 2.16. The zero-order valence-electron chi connectivity index (χ0n) is 21.7. The van der Waals surface area contributed by atoms with E-state index in [-0.39, 0.29) is 54.8 Å². The topological polar surface area (TPSA) is 100 Å². The second kappa shape index (κ2) is 11.5. The van der Waals surface area contributed by atoms with Crippen molar-refractivity contribution in [3.63, 3.8) is 0 Å². The van der Waals surface area contributed by atoms with Gasteiger partial charge in [-0.1, -0.05) is 23.7 Å². The van der Waals surface area contributed by atoms with Crippen LogP contribution in [0.15, 0.2) is 65.8 Å². The predicted octanol–water partition coefficient (Wildman–Crippen LogP) is 3.57. The van der Waals surface area contributed by atoms with Crippen LogP contribution in [0, 0.1) is 5.92 Å². The van der Waals surface area contributed by atoms with Crippen LogP contribution in [0.2, 0.25) is 5.02 Å². The Labute approximate surface area is 233 Å². The lowest BCUT2D eigenvalue weighted by molar-refractivity contribution is -0.146. The third kappa shape index (κ3) is 5.88. The number of sulfonamides is 1. The third-order valence-electron chi connectivity index (χ3n) is 7.75. The quantitative estimate of drug-likeness (QED) is 0.400. The van der Waals surface area contributed by atoms with Crippen LogP contribution >= 0.6 is 11.6 Å². The van der Waals surface area contributed by atoms with Gasteiger partial charge in [0.1, 0.15) is 0 Å². The number of carbonyl (C=O) groups is 2. The van der Waals surface area contributed by atoms with Gasteiger partial charge in [-0.05, 0) is 65.9 Å². The average Bonchev–Trinajstić information content (AvgIpc) is 2.96. The molecule has 2 aromatic carbocycles. The second-order valence-corrected chi connectivity index (χ2v) is 12.3. The molecule has 1 unspecified atom stereocenters. The highest BCUT2D eigenvalue weighted by Crippen LogP contribution is 2.31. The van der Waals surface area contributed by atoms with Crippen LogP contribution in [-0.4, -0.2) is 80.4 Å². The highest BCUT2D eigenvalue weighted by molar-refractivity contribution is 7.89. The summed E-state index contributed by atoms with van der Waals surface area (Å²) in [4.78, 5) is 33.9. The van der Waals surface area contributed by atoms with E-state index in [0.29, 0.717) is 5.02 Å². The van der Waals surface area contributed by atoms with E-state index in [1.807, 2.05) is 12.1 Å². The second-order valence-electron chi connectivity index (χ2n) is 9.96. The number of piperidine rings is 1. The number of pyridine rings is 1. The molecule has 1 amide bonds. The van der Waals surface area contributed by atoms with Crippen LogP contribution in [-0.2, 0) is 24.3 Å². The number of rotatable bonds is 7. The van der Waals surface area contributed by atoms with E-state index in [2.05, 4.69) is 9.88 Å². The van der Waals surface area contributed by atoms with E-state index >= 15 is 0 Å². The molecule has 0 bridgehead atoms. The number of hydrogen-bond acceptors (Lipinski definition) is 7. The summed E-state index contributed by atoms with van der Waals surface area (Å²) in [5.74, 6) is -0.583. The lowest BCUT2D eigenvalue weighted by Crippen LogP contribution is -2.58. The van der Waals surface area contributed by atoms with Gasteiger partial charge in [0, 0.05) is 55.3 Å². The molecule has 2 aliphatic heterocycles. The third-order valence-corrected chi connectivity index (χ3v) is 9.83. The highest BCUT2D eigenvalue weighted by atomic mass is 35.5. The summed E-state index contributed by atoms with van der Waals surface area (Å²) in [5.41, 5.74) is 1.10. The maximum atomic E-state index is 13.5. The van der Waals surface area contributed by atoms with Crippen molar-refractivity contribution < 1.29 is 22.7 Å². The van der Waals surface area contributed by atoms with Crippen molar-refractivity contribution in [2.24, 2.45) is 5.92 Å². The lowest BCUT2D eigenvalue weighted by Gasteiger charge is -2.44. The van der Waals surface area contributed by atoms with Crippen molar-refractivity contribution in [2.75, 3.05) is 44.7 Å². The van der Waals surface area contributed by atoms with Crippen LogP contribution < -0.4 is 4.90 Å². The van der Waals surface area contributed by atoms with Gasteiger partial charge in [0.25, 0.3) is 0 Å². The number of benzene rings is 2. The predicted molar refractivity (Wildman–Crippen MR) is 149 cm³/mol. The van der Waals surface area contributed by atoms with Gasteiger partial charge in [0.05, 0.1) is 25.0 Å². The van der Waals surface area contributed by atoms with E-state index < -0.39 is 10.0 Å². The summed E-state index contributed by atoms with van der Waals surface area (Å²) < 4.78 is 33.1. The summed E-state index contributed by atoms with van der Waals surface area (Å²) in [6, 6.07) is 13.7. The molecule has 3 heterocycles. The van der Waals surface area contributed by atoms with E-state index in [0.717, 1.165) is 42.4 Å². The summed E-state index contributed by atoms with van der Waals surface area (Å²) >= 11 is 6.06. The van der Waals surface area contributed by atoms with Crippen LogP contribution in [0.1, 0.15) is 19.3 Å². The van der Waals surface area contributed by atoms with Crippen molar-refractivity contribution in [2.45, 2.75) is 30.2 Å². The number of fused-ring (bicyclic) bond motifs is 1. The Morgan fingerprint density at radius 2 is 1.72 bits per heavy atom. The number of aromatic nitrogens is 1. The molecule has 5 rings (SSSR count). The van der Waals surface area contributed by atoms with Crippen molar-refractivity contribution in [1.29, 1.82) is 0 Å². The van der Waals surface area contributed by atoms with Crippen molar-refractivity contribution in [1.82, 2.24) is 14.2 Å². The number of amides is 1. The van der Waals surface area contributed by atoms with Crippen LogP contribution in [0.4, 0.5) is 5.69 Å². The van der Waals surface area contributed by atoms with Crippen LogP contribution in [0.3, 0.4) is 0 Å². The molecule has 0 saturated carbocycles. The summed E-state index contributed by atoms with van der Waals surface area (Å²) in [7, 11) is -2.54. The van der Waals surface area contributed by atoms with Gasteiger partial charge in [-0.15, -0.1) is 0 Å². The van der Waals surface area contributed by atoms with Crippen molar-refractivity contribution in [3.05, 3.63) is 65.9 Å². The minimum atomic E-state index is -3.89. The largest absolute Gasteiger partial charge is 0.469 e. The number of nitrogens with zero attached hydrogens (tertiary/aromatic N) is 4. The van der Waals surface area contributed by atoms with Crippen LogP contribution in [0.5, 0.6) is 0 Å². The highest BCUT2D eigenvalue weighted by Gasteiger charge is 2.40. The number of halogens is 1. The molecule has 1 atom stereocenters. The fourth-order valence-corrected chi connectivity index (χ4v) is 7.20. The molecular weight excluding hydrogens is 540 g/mol. The molecule has 0 aliphatic carbocycles. The first-order valence-corrected chi connectivity index (χ1v) is 14.8. The van der Waals surface area contributed by atoms with Crippen molar-refractivity contribution >= 4 is 50.0 Å². The Balaban J connectivity index is 1.30. The zero-order chi connectivity index (χ0) is 27.6. The molecule has 206 valence electrons.